The lowest BCUT2D eigenvalue weighted by atomic mass is 10.1. The van der Waals surface area contributed by atoms with Gasteiger partial charge in [0.15, 0.2) is 0 Å². The van der Waals surface area contributed by atoms with Crippen molar-refractivity contribution in [3.05, 3.63) is 71.8 Å². The van der Waals surface area contributed by atoms with E-state index in [1.165, 1.54) is 0 Å². The minimum atomic E-state index is 0.156. The molecule has 0 saturated carbocycles. The Morgan fingerprint density at radius 1 is 1.21 bits per heavy atom. The molecular formula is C21H23N5O2. The van der Waals surface area contributed by atoms with E-state index in [0.29, 0.717) is 19.6 Å². The minimum absolute atomic E-state index is 0.156. The molecule has 7 nitrogen and oxygen atoms in total. The Kier molecular flexibility index (Phi) is 5.32. The Labute approximate surface area is 164 Å². The van der Waals surface area contributed by atoms with Crippen molar-refractivity contribution < 1.29 is 9.53 Å². The van der Waals surface area contributed by atoms with Gasteiger partial charge in [-0.25, -0.2) is 4.68 Å². The number of hydrogen-bond acceptors (Lipinski definition) is 5. The molecule has 1 fully saturated rings. The van der Waals surface area contributed by atoms with Crippen molar-refractivity contribution in [2.75, 3.05) is 13.1 Å². The molecule has 1 unspecified atom stereocenters. The number of rotatable bonds is 6. The van der Waals surface area contributed by atoms with E-state index in [2.05, 4.69) is 15.3 Å². The summed E-state index contributed by atoms with van der Waals surface area (Å²) in [6.07, 6.45) is 6.61. The summed E-state index contributed by atoms with van der Waals surface area (Å²) in [5.41, 5.74) is 3.01. The maximum atomic E-state index is 12.7. The van der Waals surface area contributed by atoms with Gasteiger partial charge >= 0.3 is 0 Å². The van der Waals surface area contributed by atoms with Gasteiger partial charge in [0.25, 0.3) is 0 Å². The first-order valence-electron chi connectivity index (χ1n) is 9.45. The molecule has 0 aliphatic carbocycles. The molecule has 0 bridgehead atoms. The van der Waals surface area contributed by atoms with Crippen molar-refractivity contribution in [2.24, 2.45) is 0 Å². The van der Waals surface area contributed by atoms with Crippen LogP contribution in [-0.2, 0) is 17.8 Å². The maximum absolute atomic E-state index is 12.7. The van der Waals surface area contributed by atoms with Gasteiger partial charge < -0.3 is 9.64 Å². The van der Waals surface area contributed by atoms with Gasteiger partial charge in [-0.05, 0) is 36.6 Å². The lowest BCUT2D eigenvalue weighted by Crippen LogP contribution is -2.30. The number of likely N-dealkylation sites (tertiary alicyclic amines) is 1. The summed E-state index contributed by atoms with van der Waals surface area (Å²) >= 11 is 0. The number of nitrogens with zero attached hydrogens (tertiary/aromatic N) is 5. The van der Waals surface area contributed by atoms with Gasteiger partial charge in [0.1, 0.15) is 18.1 Å². The molecule has 1 aromatic carbocycles. The van der Waals surface area contributed by atoms with Crippen LogP contribution in [0.5, 0.6) is 5.75 Å². The van der Waals surface area contributed by atoms with Gasteiger partial charge in [-0.1, -0.05) is 29.5 Å². The molecule has 1 amide bonds. The fraction of sp³-hybridized carbons (Fsp3) is 0.333. The SMILES string of the molecule is Cc1ccccc1CC(=O)N1CCC(n2cc(COc3ccncc3)nn2)C1. The van der Waals surface area contributed by atoms with Crippen molar-refractivity contribution in [3.8, 4) is 5.75 Å². The van der Waals surface area contributed by atoms with E-state index in [0.717, 1.165) is 35.5 Å². The second-order valence-corrected chi connectivity index (χ2v) is 7.05. The molecule has 0 spiro atoms. The van der Waals surface area contributed by atoms with Crippen molar-refractivity contribution in [1.82, 2.24) is 24.9 Å². The molecule has 1 saturated heterocycles. The molecule has 0 radical (unpaired) electrons. The van der Waals surface area contributed by atoms with Gasteiger partial charge in [0, 0.05) is 25.5 Å². The molecule has 1 aliphatic heterocycles. The largest absolute Gasteiger partial charge is 0.487 e. The van der Waals surface area contributed by atoms with Gasteiger partial charge in [0.2, 0.25) is 5.91 Å². The molecule has 3 heterocycles. The van der Waals surface area contributed by atoms with E-state index < -0.39 is 0 Å². The van der Waals surface area contributed by atoms with Crippen LogP contribution < -0.4 is 4.74 Å². The van der Waals surface area contributed by atoms with E-state index in [-0.39, 0.29) is 11.9 Å². The van der Waals surface area contributed by atoms with E-state index in [9.17, 15) is 4.79 Å². The third-order valence-corrected chi connectivity index (χ3v) is 5.09. The highest BCUT2D eigenvalue weighted by atomic mass is 16.5. The number of pyridine rings is 1. The second-order valence-electron chi connectivity index (χ2n) is 7.05. The number of aryl methyl sites for hydroxylation is 1. The third-order valence-electron chi connectivity index (χ3n) is 5.09. The highest BCUT2D eigenvalue weighted by Gasteiger charge is 2.28. The van der Waals surface area contributed by atoms with Crippen LogP contribution >= 0.6 is 0 Å². The summed E-state index contributed by atoms with van der Waals surface area (Å²) in [5, 5.41) is 8.43. The molecule has 3 aromatic rings. The molecular weight excluding hydrogens is 354 g/mol. The van der Waals surface area contributed by atoms with Crippen molar-refractivity contribution in [2.45, 2.75) is 32.4 Å². The van der Waals surface area contributed by atoms with Crippen LogP contribution in [0, 0.1) is 6.92 Å². The molecule has 1 atom stereocenters. The normalized spacial score (nSPS) is 16.3. The van der Waals surface area contributed by atoms with E-state index in [4.69, 9.17) is 4.74 Å². The van der Waals surface area contributed by atoms with Crippen LogP contribution in [0.2, 0.25) is 0 Å². The Bertz CT molecular complexity index is 941. The van der Waals surface area contributed by atoms with Crippen molar-refractivity contribution in [3.63, 3.8) is 0 Å². The van der Waals surface area contributed by atoms with Gasteiger partial charge in [-0.3, -0.25) is 9.78 Å². The van der Waals surface area contributed by atoms with Crippen LogP contribution in [0.4, 0.5) is 0 Å². The highest BCUT2D eigenvalue weighted by Crippen LogP contribution is 2.22. The first-order valence-corrected chi connectivity index (χ1v) is 9.45. The number of amides is 1. The van der Waals surface area contributed by atoms with E-state index >= 15 is 0 Å². The van der Waals surface area contributed by atoms with Gasteiger partial charge in [-0.2, -0.15) is 0 Å². The number of carbonyl (C=O) groups is 1. The monoisotopic (exact) mass is 377 g/mol. The first-order chi connectivity index (χ1) is 13.7. The quantitative estimate of drug-likeness (QED) is 0.660. The average molecular weight is 377 g/mol. The van der Waals surface area contributed by atoms with Crippen LogP contribution in [-0.4, -0.2) is 43.9 Å². The minimum Gasteiger partial charge on any atom is -0.487 e. The predicted octanol–water partition coefficient (Wildman–Crippen LogP) is 2.58. The number of hydrogen-bond donors (Lipinski definition) is 0. The zero-order valence-corrected chi connectivity index (χ0v) is 15.9. The molecule has 0 N–H and O–H groups in total. The lowest BCUT2D eigenvalue weighted by Gasteiger charge is -2.17. The highest BCUT2D eigenvalue weighted by molar-refractivity contribution is 5.79. The number of ether oxygens (including phenoxy) is 1. The summed E-state index contributed by atoms with van der Waals surface area (Å²) < 4.78 is 7.54. The third kappa shape index (κ3) is 4.19. The fourth-order valence-electron chi connectivity index (χ4n) is 3.42. The van der Waals surface area contributed by atoms with Crippen LogP contribution in [0.3, 0.4) is 0 Å². The van der Waals surface area contributed by atoms with Crippen LogP contribution in [0.1, 0.15) is 29.3 Å². The Balaban J connectivity index is 1.32. The summed E-state index contributed by atoms with van der Waals surface area (Å²) in [6, 6.07) is 11.8. The smallest absolute Gasteiger partial charge is 0.227 e. The van der Waals surface area contributed by atoms with Gasteiger partial charge in [0.05, 0.1) is 18.7 Å². The van der Waals surface area contributed by atoms with E-state index in [1.54, 1.807) is 24.5 Å². The predicted molar refractivity (Wildman–Crippen MR) is 104 cm³/mol. The van der Waals surface area contributed by atoms with E-state index in [1.807, 2.05) is 47.0 Å². The number of benzene rings is 1. The standard InChI is InChI=1S/C21H23N5O2/c1-16-4-2-3-5-17(16)12-21(27)25-11-8-19(14-25)26-13-18(23-24-26)15-28-20-6-9-22-10-7-20/h2-7,9-10,13,19H,8,11-12,14-15H2,1H3. The molecule has 1 aliphatic rings. The van der Waals surface area contributed by atoms with Crippen molar-refractivity contribution >= 4 is 5.91 Å². The van der Waals surface area contributed by atoms with Gasteiger partial charge in [-0.15, -0.1) is 5.10 Å². The second kappa shape index (κ2) is 8.21. The van der Waals surface area contributed by atoms with Crippen LogP contribution in [0.15, 0.2) is 55.0 Å². The van der Waals surface area contributed by atoms with Crippen LogP contribution in [0.25, 0.3) is 0 Å². The molecule has 144 valence electrons. The molecule has 2 aromatic heterocycles. The first kappa shape index (κ1) is 18.2. The summed E-state index contributed by atoms with van der Waals surface area (Å²) in [5.74, 6) is 0.913. The molecule has 7 heteroatoms. The van der Waals surface area contributed by atoms with Crippen molar-refractivity contribution in [1.29, 1.82) is 0 Å². The zero-order valence-electron chi connectivity index (χ0n) is 15.9. The Morgan fingerprint density at radius 3 is 2.86 bits per heavy atom. The summed E-state index contributed by atoms with van der Waals surface area (Å²) in [4.78, 5) is 18.6. The molecule has 4 rings (SSSR count). The number of aromatic nitrogens is 4. The number of carbonyl (C=O) groups excluding carboxylic acids is 1. The Morgan fingerprint density at radius 2 is 2.04 bits per heavy atom. The topological polar surface area (TPSA) is 73.1 Å². The Hall–Kier alpha value is -3.22. The summed E-state index contributed by atoms with van der Waals surface area (Å²) in [6.45, 7) is 3.81. The molecule has 28 heavy (non-hydrogen) atoms. The maximum Gasteiger partial charge on any atom is 0.227 e. The fourth-order valence-corrected chi connectivity index (χ4v) is 3.42. The lowest BCUT2D eigenvalue weighted by molar-refractivity contribution is -0.129. The summed E-state index contributed by atoms with van der Waals surface area (Å²) in [7, 11) is 0. The average Bonchev–Trinajstić information content (AvgIpc) is 3.38. The zero-order chi connectivity index (χ0) is 19.3.